The van der Waals surface area contributed by atoms with E-state index >= 15 is 0 Å². The number of allylic oxidation sites excluding steroid dienone is 1. The van der Waals surface area contributed by atoms with E-state index in [-0.39, 0.29) is 22.2 Å². The monoisotopic (exact) mass is 609 g/mol. The molecule has 4 aromatic rings. The molecule has 0 radical (unpaired) electrons. The van der Waals surface area contributed by atoms with Gasteiger partial charge in [-0.25, -0.2) is 4.99 Å². The molecule has 0 aliphatic carbocycles. The fourth-order valence-corrected chi connectivity index (χ4v) is 6.12. The van der Waals surface area contributed by atoms with E-state index in [0.29, 0.717) is 42.1 Å². The van der Waals surface area contributed by atoms with Gasteiger partial charge in [-0.05, 0) is 76.5 Å². The Morgan fingerprint density at radius 1 is 1.18 bits per heavy atom. The molecule has 7 nitrogen and oxygen atoms in total. The van der Waals surface area contributed by atoms with Crippen molar-refractivity contribution in [2.24, 2.45) is 4.99 Å². The number of fused-ring (bicyclic) bond motifs is 1. The number of aromatic nitrogens is 1. The van der Waals surface area contributed by atoms with Crippen LogP contribution in [0.5, 0.6) is 11.5 Å². The van der Waals surface area contributed by atoms with Crippen LogP contribution in [0.2, 0.25) is 5.02 Å². The molecule has 1 amide bonds. The van der Waals surface area contributed by atoms with Crippen LogP contribution >= 0.6 is 38.9 Å². The molecule has 10 heteroatoms. The van der Waals surface area contributed by atoms with Gasteiger partial charge < -0.3 is 15.2 Å². The normalized spacial score (nSPS) is 15.2. The number of aromatic hydroxyl groups is 1. The minimum atomic E-state index is -0.710. The summed E-state index contributed by atoms with van der Waals surface area (Å²) < 4.78 is 7.68. The number of thiazole rings is 1. The minimum Gasteiger partial charge on any atom is -0.505 e. The van der Waals surface area contributed by atoms with E-state index in [1.807, 2.05) is 30.3 Å². The Morgan fingerprint density at radius 3 is 2.55 bits per heavy atom. The molecule has 192 valence electrons. The zero-order valence-electron chi connectivity index (χ0n) is 20.2. The average Bonchev–Trinajstić information content (AvgIpc) is 3.21. The van der Waals surface area contributed by atoms with E-state index in [0.717, 1.165) is 5.56 Å². The topological polar surface area (TPSA) is 92.9 Å². The van der Waals surface area contributed by atoms with Gasteiger partial charge in [0.2, 0.25) is 0 Å². The van der Waals surface area contributed by atoms with Crippen molar-refractivity contribution in [3.63, 3.8) is 0 Å². The molecule has 0 spiro atoms. The van der Waals surface area contributed by atoms with Gasteiger partial charge in [-0.1, -0.05) is 53.3 Å². The van der Waals surface area contributed by atoms with Crippen LogP contribution in [0.4, 0.5) is 5.69 Å². The van der Waals surface area contributed by atoms with Gasteiger partial charge in [0.15, 0.2) is 4.80 Å². The Hall–Kier alpha value is -3.66. The van der Waals surface area contributed by atoms with Gasteiger partial charge in [-0.3, -0.25) is 14.2 Å². The van der Waals surface area contributed by atoms with Gasteiger partial charge in [0.1, 0.15) is 11.5 Å². The molecule has 38 heavy (non-hydrogen) atoms. The van der Waals surface area contributed by atoms with Crippen LogP contribution in [-0.2, 0) is 4.79 Å². The van der Waals surface area contributed by atoms with E-state index in [4.69, 9.17) is 16.3 Å². The van der Waals surface area contributed by atoms with Gasteiger partial charge in [-0.2, -0.15) is 0 Å². The number of hydrogen-bond acceptors (Lipinski definition) is 6. The van der Waals surface area contributed by atoms with E-state index < -0.39 is 6.04 Å². The van der Waals surface area contributed by atoms with E-state index in [1.165, 1.54) is 11.3 Å². The third-order valence-corrected chi connectivity index (χ3v) is 7.94. The maximum absolute atomic E-state index is 13.8. The summed E-state index contributed by atoms with van der Waals surface area (Å²) in [6, 6.07) is 18.9. The zero-order valence-corrected chi connectivity index (χ0v) is 23.4. The summed E-state index contributed by atoms with van der Waals surface area (Å²) in [5.41, 5.74) is 2.59. The van der Waals surface area contributed by atoms with Crippen LogP contribution < -0.4 is 24.9 Å². The second-order valence-corrected chi connectivity index (χ2v) is 10.8. The van der Waals surface area contributed by atoms with Gasteiger partial charge >= 0.3 is 0 Å². The molecule has 1 aromatic heterocycles. The number of anilines is 1. The first-order chi connectivity index (χ1) is 18.3. The molecule has 5 rings (SSSR count). The number of nitrogens with zero attached hydrogens (tertiary/aromatic N) is 2. The molecule has 2 N–H and O–H groups in total. The largest absolute Gasteiger partial charge is 0.505 e. The fraction of sp³-hybridized carbons (Fsp3) is 0.107. The Morgan fingerprint density at radius 2 is 1.89 bits per heavy atom. The van der Waals surface area contributed by atoms with Crippen molar-refractivity contribution in [1.82, 2.24) is 4.57 Å². The second kappa shape index (κ2) is 10.6. The zero-order chi connectivity index (χ0) is 27.0. The van der Waals surface area contributed by atoms with Crippen molar-refractivity contribution in [3.8, 4) is 11.5 Å². The summed E-state index contributed by atoms with van der Waals surface area (Å²) in [6.45, 7) is 1.77. The van der Waals surface area contributed by atoms with Crippen LogP contribution in [0.25, 0.3) is 6.08 Å². The smallest absolute Gasteiger partial charge is 0.271 e. The van der Waals surface area contributed by atoms with Crippen molar-refractivity contribution in [3.05, 3.63) is 118 Å². The first-order valence-corrected chi connectivity index (χ1v) is 13.5. The lowest BCUT2D eigenvalue weighted by atomic mass is 9.95. The Bertz CT molecular complexity index is 1740. The number of phenolic OH excluding ortho intramolecular Hbond substituents is 1. The number of phenols is 1. The summed E-state index contributed by atoms with van der Waals surface area (Å²) in [7, 11) is 1.58. The van der Waals surface area contributed by atoms with Crippen LogP contribution in [0.3, 0.4) is 0 Å². The molecule has 2 heterocycles. The summed E-state index contributed by atoms with van der Waals surface area (Å²) in [5, 5.41) is 13.1. The highest BCUT2D eigenvalue weighted by Crippen LogP contribution is 2.34. The number of ether oxygens (including phenoxy) is 1. The number of hydrogen-bond donors (Lipinski definition) is 2. The summed E-state index contributed by atoms with van der Waals surface area (Å²) in [5.74, 6) is 0.239. The molecule has 1 unspecified atom stereocenters. The van der Waals surface area contributed by atoms with E-state index in [1.54, 1.807) is 61.1 Å². The van der Waals surface area contributed by atoms with Crippen molar-refractivity contribution in [1.29, 1.82) is 0 Å². The third kappa shape index (κ3) is 4.92. The predicted octanol–water partition coefficient (Wildman–Crippen LogP) is 5.00. The van der Waals surface area contributed by atoms with E-state index in [2.05, 4.69) is 26.2 Å². The van der Waals surface area contributed by atoms with Crippen LogP contribution in [0.15, 0.2) is 92.3 Å². The molecule has 0 saturated carbocycles. The van der Waals surface area contributed by atoms with Crippen LogP contribution in [0.1, 0.15) is 24.1 Å². The van der Waals surface area contributed by atoms with E-state index in [9.17, 15) is 14.7 Å². The Balaban J connectivity index is 1.68. The first kappa shape index (κ1) is 26.0. The predicted molar refractivity (Wildman–Crippen MR) is 153 cm³/mol. The SMILES string of the molecule is COc1ccc(C2C(C(=O)Nc3ccccc3)=C(C)N=c3s/c(=C/c4cc(Cl)c(O)c(Br)c4)c(=O)n32)cc1. The van der Waals surface area contributed by atoms with Crippen molar-refractivity contribution < 1.29 is 14.6 Å². The Labute approximate surface area is 235 Å². The maximum Gasteiger partial charge on any atom is 0.271 e. The number of carbonyl (C=O) groups excluding carboxylic acids is 1. The second-order valence-electron chi connectivity index (χ2n) is 8.51. The summed E-state index contributed by atoms with van der Waals surface area (Å²) >= 11 is 10.6. The van der Waals surface area contributed by atoms with Gasteiger partial charge in [-0.15, -0.1) is 0 Å². The summed E-state index contributed by atoms with van der Waals surface area (Å²) in [4.78, 5) is 32.5. The number of halogens is 2. The molecule has 0 bridgehead atoms. The lowest BCUT2D eigenvalue weighted by Crippen LogP contribution is -2.40. The third-order valence-electron chi connectivity index (χ3n) is 6.07. The molecular formula is C28H21BrClN3O4S. The van der Waals surface area contributed by atoms with Crippen LogP contribution in [0, 0.1) is 0 Å². The number of amides is 1. The Kier molecular flexibility index (Phi) is 7.25. The van der Waals surface area contributed by atoms with Gasteiger partial charge in [0.05, 0.1) is 38.4 Å². The van der Waals surface area contributed by atoms with Crippen molar-refractivity contribution in [2.45, 2.75) is 13.0 Å². The lowest BCUT2D eigenvalue weighted by molar-refractivity contribution is -0.113. The molecule has 1 aliphatic rings. The van der Waals surface area contributed by atoms with Gasteiger partial charge in [0.25, 0.3) is 11.5 Å². The molecule has 1 atom stereocenters. The molecule has 0 saturated heterocycles. The van der Waals surface area contributed by atoms with Gasteiger partial charge in [0, 0.05) is 5.69 Å². The highest BCUT2D eigenvalue weighted by atomic mass is 79.9. The summed E-state index contributed by atoms with van der Waals surface area (Å²) in [6.07, 6.45) is 1.69. The maximum atomic E-state index is 13.8. The molecule has 0 fully saturated rings. The minimum absolute atomic E-state index is 0.0746. The quantitative estimate of drug-likeness (QED) is 0.333. The molecule has 3 aromatic carbocycles. The molecule has 1 aliphatic heterocycles. The van der Waals surface area contributed by atoms with Crippen molar-refractivity contribution >= 4 is 56.5 Å². The number of rotatable bonds is 5. The number of carbonyl (C=O) groups is 1. The number of methoxy groups -OCH3 is 1. The fourth-order valence-electron chi connectivity index (χ4n) is 4.25. The highest BCUT2D eigenvalue weighted by molar-refractivity contribution is 9.10. The first-order valence-electron chi connectivity index (χ1n) is 11.5. The number of benzene rings is 3. The molecular weight excluding hydrogens is 590 g/mol. The van der Waals surface area contributed by atoms with Crippen molar-refractivity contribution in [2.75, 3.05) is 12.4 Å². The standard InChI is InChI=1S/C28H21BrClN3O4S/c1-15-23(26(35)32-18-6-4-3-5-7-18)24(17-8-10-19(37-2)11-9-17)33-27(36)22(38-28(33)31-15)14-16-12-20(29)25(34)21(30)13-16/h3-14,24,34H,1-2H3,(H,32,35)/b22-14+. The lowest BCUT2D eigenvalue weighted by Gasteiger charge is -2.25. The number of para-hydroxylation sites is 1. The van der Waals surface area contributed by atoms with Crippen LogP contribution in [-0.4, -0.2) is 22.7 Å². The average molecular weight is 611 g/mol. The highest BCUT2D eigenvalue weighted by Gasteiger charge is 2.32. The number of nitrogens with one attached hydrogen (secondary N) is 1.